The first-order chi connectivity index (χ1) is 8.22. The van der Waals surface area contributed by atoms with Gasteiger partial charge in [0.15, 0.2) is 0 Å². The maximum Gasteiger partial charge on any atom is 0.147 e. The Balaban J connectivity index is 2.28. The first-order valence-corrected chi connectivity index (χ1v) is 6.38. The first-order valence-electron chi connectivity index (χ1n) is 6.01. The van der Waals surface area contributed by atoms with Gasteiger partial charge in [-0.1, -0.05) is 24.4 Å². The monoisotopic (exact) mass is 255 g/mol. The lowest BCUT2D eigenvalue weighted by molar-refractivity contribution is 0.254. The van der Waals surface area contributed by atoms with Crippen LogP contribution in [0.3, 0.4) is 0 Å². The van der Waals surface area contributed by atoms with Crippen LogP contribution in [0.4, 0.5) is 11.5 Å². The lowest BCUT2D eigenvalue weighted by Gasteiger charge is -2.30. The molecule has 1 atom stereocenters. The number of aliphatic hydroxyl groups excluding tert-OH is 1. The molecule has 0 saturated carbocycles. The van der Waals surface area contributed by atoms with Crippen LogP contribution >= 0.6 is 11.6 Å². The molecule has 1 saturated heterocycles. The van der Waals surface area contributed by atoms with E-state index in [9.17, 15) is 5.11 Å². The zero-order valence-corrected chi connectivity index (χ0v) is 10.5. The molecular formula is C12H18ClN3O. The van der Waals surface area contributed by atoms with Crippen LogP contribution < -0.4 is 10.6 Å². The van der Waals surface area contributed by atoms with E-state index in [4.69, 9.17) is 17.3 Å². The molecule has 1 aliphatic heterocycles. The summed E-state index contributed by atoms with van der Waals surface area (Å²) < 4.78 is 0. The van der Waals surface area contributed by atoms with Crippen LogP contribution in [0.2, 0.25) is 5.02 Å². The predicted molar refractivity (Wildman–Crippen MR) is 70.3 cm³/mol. The normalized spacial score (nSPS) is 21.3. The Bertz CT molecular complexity index is 386. The maximum absolute atomic E-state index is 9.46. The highest BCUT2D eigenvalue weighted by Crippen LogP contribution is 2.29. The van der Waals surface area contributed by atoms with Gasteiger partial charge in [-0.2, -0.15) is 0 Å². The van der Waals surface area contributed by atoms with E-state index in [1.54, 1.807) is 12.3 Å². The summed E-state index contributed by atoms with van der Waals surface area (Å²) in [7, 11) is 0. The lowest BCUT2D eigenvalue weighted by Crippen LogP contribution is -2.38. The summed E-state index contributed by atoms with van der Waals surface area (Å²) in [6.45, 7) is 1.03. The van der Waals surface area contributed by atoms with Crippen molar-refractivity contribution < 1.29 is 5.11 Å². The van der Waals surface area contributed by atoms with Crippen molar-refractivity contribution in [3.05, 3.63) is 17.3 Å². The van der Waals surface area contributed by atoms with Gasteiger partial charge in [-0.3, -0.25) is 0 Å². The van der Waals surface area contributed by atoms with E-state index in [1.807, 2.05) is 0 Å². The fourth-order valence-corrected chi connectivity index (χ4v) is 2.59. The highest BCUT2D eigenvalue weighted by Gasteiger charge is 2.23. The minimum absolute atomic E-state index is 0.117. The van der Waals surface area contributed by atoms with Crippen molar-refractivity contribution in [3.8, 4) is 0 Å². The number of nitrogens with zero attached hydrogens (tertiary/aromatic N) is 2. The molecule has 0 aromatic carbocycles. The molecule has 0 bridgehead atoms. The Labute approximate surface area is 106 Å². The largest absolute Gasteiger partial charge is 0.397 e. The third-order valence-corrected chi connectivity index (χ3v) is 3.48. The van der Waals surface area contributed by atoms with Crippen LogP contribution in [0, 0.1) is 0 Å². The molecule has 2 rings (SSSR count). The summed E-state index contributed by atoms with van der Waals surface area (Å²) in [5, 5.41) is 10.0. The summed E-state index contributed by atoms with van der Waals surface area (Å²) in [5.41, 5.74) is 6.20. The van der Waals surface area contributed by atoms with Crippen molar-refractivity contribution in [3.63, 3.8) is 0 Å². The van der Waals surface area contributed by atoms with Gasteiger partial charge in [0.2, 0.25) is 0 Å². The molecule has 1 aromatic heterocycles. The zero-order chi connectivity index (χ0) is 12.3. The van der Waals surface area contributed by atoms with Gasteiger partial charge >= 0.3 is 0 Å². The third-order valence-electron chi connectivity index (χ3n) is 3.20. The fraction of sp³-hybridized carbons (Fsp3) is 0.583. The van der Waals surface area contributed by atoms with Crippen molar-refractivity contribution in [1.29, 1.82) is 0 Å². The molecule has 0 radical (unpaired) electrons. The van der Waals surface area contributed by atoms with E-state index in [1.165, 1.54) is 6.42 Å². The number of aromatic nitrogens is 1. The molecule has 5 heteroatoms. The molecular weight excluding hydrogens is 238 g/mol. The SMILES string of the molecule is Nc1cnc(N2CCCCCC2CO)c(Cl)c1. The summed E-state index contributed by atoms with van der Waals surface area (Å²) in [6, 6.07) is 1.83. The van der Waals surface area contributed by atoms with Crippen LogP contribution in [0.25, 0.3) is 0 Å². The minimum Gasteiger partial charge on any atom is -0.397 e. The number of hydrogen-bond acceptors (Lipinski definition) is 4. The van der Waals surface area contributed by atoms with Crippen molar-refractivity contribution in [1.82, 2.24) is 4.98 Å². The Hall–Kier alpha value is -1.00. The van der Waals surface area contributed by atoms with E-state index in [-0.39, 0.29) is 12.6 Å². The number of pyridine rings is 1. The van der Waals surface area contributed by atoms with Crippen LogP contribution in [0.5, 0.6) is 0 Å². The summed E-state index contributed by atoms with van der Waals surface area (Å²) >= 11 is 6.17. The molecule has 4 nitrogen and oxygen atoms in total. The standard InChI is InChI=1S/C12H18ClN3O/c13-11-6-9(14)7-15-12(11)16-5-3-1-2-4-10(16)8-17/h6-7,10,17H,1-5,8,14H2. The number of hydrogen-bond donors (Lipinski definition) is 2. The highest BCUT2D eigenvalue weighted by atomic mass is 35.5. The Morgan fingerprint density at radius 2 is 2.29 bits per heavy atom. The number of halogens is 1. The first kappa shape index (κ1) is 12.5. The van der Waals surface area contributed by atoms with Gasteiger partial charge in [0, 0.05) is 6.54 Å². The van der Waals surface area contributed by atoms with Crippen molar-refractivity contribution in [2.45, 2.75) is 31.7 Å². The number of aliphatic hydroxyl groups is 1. The number of nitrogen functional groups attached to an aromatic ring is 1. The number of anilines is 2. The van der Waals surface area contributed by atoms with E-state index in [0.29, 0.717) is 10.7 Å². The zero-order valence-electron chi connectivity index (χ0n) is 9.77. The van der Waals surface area contributed by atoms with Gasteiger partial charge in [0.05, 0.1) is 29.6 Å². The molecule has 94 valence electrons. The van der Waals surface area contributed by atoms with E-state index < -0.39 is 0 Å². The molecule has 1 unspecified atom stereocenters. The molecule has 3 N–H and O–H groups in total. The topological polar surface area (TPSA) is 62.4 Å². The van der Waals surface area contributed by atoms with Crippen LogP contribution in [0.15, 0.2) is 12.3 Å². The van der Waals surface area contributed by atoms with Crippen molar-refractivity contribution >= 4 is 23.1 Å². The average Bonchev–Trinajstić information content (AvgIpc) is 2.54. The Morgan fingerprint density at radius 3 is 3.00 bits per heavy atom. The second-order valence-electron chi connectivity index (χ2n) is 4.45. The second-order valence-corrected chi connectivity index (χ2v) is 4.86. The van der Waals surface area contributed by atoms with E-state index >= 15 is 0 Å². The number of rotatable bonds is 2. The number of nitrogens with two attached hydrogens (primary N) is 1. The van der Waals surface area contributed by atoms with E-state index in [0.717, 1.165) is 31.6 Å². The van der Waals surface area contributed by atoms with Crippen molar-refractivity contribution in [2.24, 2.45) is 0 Å². The van der Waals surface area contributed by atoms with Crippen LogP contribution in [-0.2, 0) is 0 Å². The molecule has 17 heavy (non-hydrogen) atoms. The van der Waals surface area contributed by atoms with Gasteiger partial charge in [-0.25, -0.2) is 4.98 Å². The molecule has 1 aromatic rings. The van der Waals surface area contributed by atoms with Gasteiger partial charge in [-0.15, -0.1) is 0 Å². The van der Waals surface area contributed by atoms with Crippen LogP contribution in [0.1, 0.15) is 25.7 Å². The van der Waals surface area contributed by atoms with Crippen LogP contribution in [-0.4, -0.2) is 29.3 Å². The second kappa shape index (κ2) is 5.56. The fourth-order valence-electron chi connectivity index (χ4n) is 2.30. The Morgan fingerprint density at radius 1 is 1.47 bits per heavy atom. The molecule has 0 aliphatic carbocycles. The smallest absolute Gasteiger partial charge is 0.147 e. The maximum atomic E-state index is 9.46. The van der Waals surface area contributed by atoms with Crippen molar-refractivity contribution in [2.75, 3.05) is 23.8 Å². The quantitative estimate of drug-likeness (QED) is 0.849. The molecule has 0 spiro atoms. The summed E-state index contributed by atoms with van der Waals surface area (Å²) in [4.78, 5) is 6.41. The third kappa shape index (κ3) is 2.82. The molecule has 0 amide bonds. The minimum atomic E-state index is 0.117. The van der Waals surface area contributed by atoms with Gasteiger partial charge in [0.25, 0.3) is 0 Å². The lowest BCUT2D eigenvalue weighted by atomic mass is 10.1. The van der Waals surface area contributed by atoms with Gasteiger partial charge in [-0.05, 0) is 18.9 Å². The molecule has 1 fully saturated rings. The predicted octanol–water partition coefficient (Wildman–Crippen LogP) is 2.06. The average molecular weight is 256 g/mol. The molecule has 2 heterocycles. The van der Waals surface area contributed by atoms with E-state index in [2.05, 4.69) is 9.88 Å². The molecule has 1 aliphatic rings. The highest BCUT2D eigenvalue weighted by molar-refractivity contribution is 6.33. The van der Waals surface area contributed by atoms with Gasteiger partial charge < -0.3 is 15.7 Å². The Kier molecular flexibility index (Phi) is 4.07. The summed E-state index contributed by atoms with van der Waals surface area (Å²) in [5.74, 6) is 0.738. The van der Waals surface area contributed by atoms with Gasteiger partial charge in [0.1, 0.15) is 5.82 Å². The summed E-state index contributed by atoms with van der Waals surface area (Å²) in [6.07, 6.45) is 6.05.